The first-order valence-corrected chi connectivity index (χ1v) is 22.5. The number of fused-ring (bicyclic) bond motifs is 1. The van der Waals surface area contributed by atoms with Crippen LogP contribution in [0.4, 0.5) is 11.4 Å². The molecule has 7 aromatic rings. The molecule has 0 amide bonds. The lowest BCUT2D eigenvalue weighted by atomic mass is 9.98. The fraction of sp³-hybridized carbons (Fsp3) is 0.0625. The summed E-state index contributed by atoms with van der Waals surface area (Å²) in [7, 11) is 0. The molecule has 8 rings (SSSR count). The smallest absolute Gasteiger partial charge is 0.0632 e. The Balaban J connectivity index is 0.000000579. The number of para-hydroxylation sites is 2. The Morgan fingerprint density at radius 1 is 0.500 bits per heavy atom. The molecule has 326 valence electrons. The van der Waals surface area contributed by atoms with Gasteiger partial charge in [-0.3, -0.25) is 0 Å². The minimum atomic E-state index is 0.246. The minimum absolute atomic E-state index is 0.246. The minimum Gasteiger partial charge on any atom is -0.399 e. The van der Waals surface area contributed by atoms with Crippen LogP contribution in [-0.4, -0.2) is 0 Å². The fourth-order valence-electron chi connectivity index (χ4n) is 7.62. The molecule has 0 spiro atoms. The maximum absolute atomic E-state index is 5.36. The summed E-state index contributed by atoms with van der Waals surface area (Å²) in [5, 5.41) is 0. The number of nitrogens with zero attached hydrogens (tertiary/aromatic N) is 1. The normalized spacial score (nSPS) is 13.4. The largest absolute Gasteiger partial charge is 0.399 e. The molecule has 0 bridgehead atoms. The lowest BCUT2D eigenvalue weighted by Crippen LogP contribution is -2.23. The van der Waals surface area contributed by atoms with Gasteiger partial charge >= 0.3 is 0 Å². The van der Waals surface area contributed by atoms with E-state index in [2.05, 4.69) is 249 Å². The summed E-state index contributed by atoms with van der Waals surface area (Å²) in [6.07, 6.45) is 31.5. The molecule has 1 atom stereocenters. The molecule has 1 heterocycles. The van der Waals surface area contributed by atoms with E-state index >= 15 is 0 Å². The van der Waals surface area contributed by atoms with Crippen molar-refractivity contribution in [3.05, 3.63) is 319 Å². The molecule has 0 aromatic heterocycles. The predicted molar refractivity (Wildman–Crippen MR) is 289 cm³/mol. The first-order valence-electron chi connectivity index (χ1n) is 22.5. The average molecular weight is 857 g/mol. The maximum atomic E-state index is 5.36. The van der Waals surface area contributed by atoms with Crippen molar-refractivity contribution in [3.8, 4) is 11.1 Å². The molecule has 66 heavy (non-hydrogen) atoms. The first kappa shape index (κ1) is 47.3. The Labute approximate surface area is 394 Å². The third kappa shape index (κ3) is 14.7. The van der Waals surface area contributed by atoms with Crippen molar-refractivity contribution in [2.75, 3.05) is 10.6 Å². The van der Waals surface area contributed by atoms with E-state index in [0.717, 1.165) is 30.6 Å². The molecule has 0 fully saturated rings. The second-order valence-corrected chi connectivity index (χ2v) is 15.6. The summed E-state index contributed by atoms with van der Waals surface area (Å²) in [6, 6.07) is 66.1. The van der Waals surface area contributed by atoms with Gasteiger partial charge in [0.2, 0.25) is 0 Å². The van der Waals surface area contributed by atoms with Crippen molar-refractivity contribution in [2.45, 2.75) is 25.3 Å². The monoisotopic (exact) mass is 856 g/mol. The Morgan fingerprint density at radius 3 is 1.67 bits per heavy atom. The molecule has 2 N–H and O–H groups in total. The van der Waals surface area contributed by atoms with Crippen LogP contribution in [0.2, 0.25) is 0 Å². The number of hydrogen-bond donors (Lipinski definition) is 1. The van der Waals surface area contributed by atoms with Crippen LogP contribution in [0, 0.1) is 0 Å². The van der Waals surface area contributed by atoms with E-state index in [1.807, 2.05) is 36.4 Å². The Bertz CT molecular complexity index is 2740. The summed E-state index contributed by atoms with van der Waals surface area (Å²) >= 11 is 0. The van der Waals surface area contributed by atoms with Crippen molar-refractivity contribution in [1.82, 2.24) is 0 Å². The zero-order chi connectivity index (χ0) is 46.0. The van der Waals surface area contributed by atoms with Gasteiger partial charge in [0.25, 0.3) is 0 Å². The van der Waals surface area contributed by atoms with Crippen molar-refractivity contribution in [1.29, 1.82) is 0 Å². The van der Waals surface area contributed by atoms with Gasteiger partial charge in [-0.2, -0.15) is 0 Å². The molecular weight excluding hydrogens is 797 g/mol. The van der Waals surface area contributed by atoms with Crippen LogP contribution in [0.25, 0.3) is 29.4 Å². The average Bonchev–Trinajstić information content (AvgIpc) is 3.77. The third-order valence-electron chi connectivity index (χ3n) is 11.0. The molecule has 0 saturated heterocycles. The van der Waals surface area contributed by atoms with E-state index in [1.54, 1.807) is 12.2 Å². The third-order valence-corrected chi connectivity index (χ3v) is 11.0. The van der Waals surface area contributed by atoms with Gasteiger partial charge in [0.05, 0.1) is 6.04 Å². The molecular formula is C64H60N2. The van der Waals surface area contributed by atoms with Crippen LogP contribution in [0.1, 0.15) is 45.0 Å². The lowest BCUT2D eigenvalue weighted by molar-refractivity contribution is 0.724. The van der Waals surface area contributed by atoms with E-state index in [9.17, 15) is 0 Å². The van der Waals surface area contributed by atoms with E-state index in [0.29, 0.717) is 0 Å². The number of aryl methyl sites for hydroxylation is 2. The van der Waals surface area contributed by atoms with Crippen molar-refractivity contribution in [3.63, 3.8) is 0 Å². The van der Waals surface area contributed by atoms with Crippen LogP contribution >= 0.6 is 0 Å². The summed E-state index contributed by atoms with van der Waals surface area (Å²) in [6.45, 7) is 10.7. The summed E-state index contributed by atoms with van der Waals surface area (Å²) in [4.78, 5) is 2.43. The molecule has 2 heteroatoms. The number of rotatable bonds is 15. The van der Waals surface area contributed by atoms with Gasteiger partial charge in [-0.25, -0.2) is 0 Å². The van der Waals surface area contributed by atoms with E-state index in [1.165, 1.54) is 55.8 Å². The van der Waals surface area contributed by atoms with Crippen molar-refractivity contribution < 1.29 is 0 Å². The van der Waals surface area contributed by atoms with Gasteiger partial charge in [-0.05, 0) is 99.7 Å². The summed E-state index contributed by atoms with van der Waals surface area (Å²) in [5.41, 5.74) is 20.0. The van der Waals surface area contributed by atoms with Crippen LogP contribution in [0.15, 0.2) is 280 Å². The van der Waals surface area contributed by atoms with E-state index in [4.69, 9.17) is 5.73 Å². The highest BCUT2D eigenvalue weighted by Gasteiger charge is 2.31. The number of nitrogens with two attached hydrogens (primary N) is 1. The first-order chi connectivity index (χ1) is 32.6. The number of allylic oxidation sites excluding steroid dienone is 11. The van der Waals surface area contributed by atoms with Gasteiger partial charge in [-0.15, -0.1) is 0 Å². The summed E-state index contributed by atoms with van der Waals surface area (Å²) < 4.78 is 0. The molecule has 0 aliphatic carbocycles. The second kappa shape index (κ2) is 26.4. The summed E-state index contributed by atoms with van der Waals surface area (Å²) in [5.74, 6) is 0. The highest BCUT2D eigenvalue weighted by molar-refractivity contribution is 5.74. The number of anilines is 2. The standard InChI is InChI=1S/C54H47N.C6H7N.C4H6/c1-2-19-52(55-53-29-18-17-27-51(53)42-54(55)50-25-12-8-13-26-50)28-14-6-4-3-5-9-22-44-31-38-48(39-32-44)49-40-34-45(35-41-49)33-37-47-24-16-15-23-46(47)36-30-43-20-10-7-11-21-43;7-6-4-2-1-3-5-6;1-3-4-2/h2-29,31-35,37-41,54H,1,30,36,42H2;1-5H,7H2;3-4H,1-2H2/b5-3-,6-4+,22-9-,28-14-,37-33-,52-19+;;. The zero-order valence-electron chi connectivity index (χ0n) is 37.8. The molecule has 1 aliphatic rings. The fourth-order valence-corrected chi connectivity index (χ4v) is 7.62. The van der Waals surface area contributed by atoms with E-state index in [-0.39, 0.29) is 6.04 Å². The SMILES string of the molecule is C=CC=C.C=C\C=C(/C=C\C=C\C=C/C=C\c1ccc(-c2ccc(/C=C\c3ccccc3CCc3ccccc3)cc2)cc1)N1c2ccccc2CC1c1ccccc1.Nc1ccccc1. The molecule has 1 aliphatic heterocycles. The van der Waals surface area contributed by atoms with Gasteiger partial charge in [0.1, 0.15) is 0 Å². The van der Waals surface area contributed by atoms with Crippen LogP contribution in [0.3, 0.4) is 0 Å². The maximum Gasteiger partial charge on any atom is 0.0632 e. The lowest BCUT2D eigenvalue weighted by Gasteiger charge is -2.29. The molecule has 0 saturated carbocycles. The van der Waals surface area contributed by atoms with Gasteiger partial charge in [0.15, 0.2) is 0 Å². The van der Waals surface area contributed by atoms with Gasteiger partial charge in [0, 0.05) is 17.1 Å². The van der Waals surface area contributed by atoms with Crippen LogP contribution in [0.5, 0.6) is 0 Å². The Hall–Kier alpha value is -8.20. The molecule has 7 aromatic carbocycles. The van der Waals surface area contributed by atoms with Gasteiger partial charge in [-0.1, -0.05) is 263 Å². The second-order valence-electron chi connectivity index (χ2n) is 15.6. The Morgan fingerprint density at radius 2 is 1.05 bits per heavy atom. The van der Waals surface area contributed by atoms with E-state index < -0.39 is 0 Å². The quantitative estimate of drug-likeness (QED) is 0.0632. The molecule has 0 radical (unpaired) electrons. The van der Waals surface area contributed by atoms with Crippen molar-refractivity contribution in [2.24, 2.45) is 0 Å². The molecule has 2 nitrogen and oxygen atoms in total. The highest BCUT2D eigenvalue weighted by Crippen LogP contribution is 2.43. The highest BCUT2D eigenvalue weighted by atomic mass is 15.2. The van der Waals surface area contributed by atoms with Gasteiger partial charge < -0.3 is 10.6 Å². The number of hydrogen-bond acceptors (Lipinski definition) is 2. The van der Waals surface area contributed by atoms with Crippen molar-refractivity contribution >= 4 is 29.6 Å². The van der Waals surface area contributed by atoms with Crippen LogP contribution < -0.4 is 10.6 Å². The zero-order valence-corrected chi connectivity index (χ0v) is 37.8. The number of benzene rings is 7. The van der Waals surface area contributed by atoms with Crippen LogP contribution in [-0.2, 0) is 19.3 Å². The number of nitrogen functional groups attached to an aromatic ring is 1. The predicted octanol–water partition coefficient (Wildman–Crippen LogP) is 16.5. The topological polar surface area (TPSA) is 29.3 Å². The Kier molecular flexibility index (Phi) is 18.9. The molecule has 1 unspecified atom stereocenters.